The van der Waals surface area contributed by atoms with E-state index < -0.39 is 6.10 Å². The smallest absolute Gasteiger partial charge is 0.142 e. The lowest BCUT2D eigenvalue weighted by molar-refractivity contribution is -0.0740. The van der Waals surface area contributed by atoms with E-state index in [9.17, 15) is 5.11 Å². The Kier molecular flexibility index (Phi) is 8.22. The number of hydrogen-bond acceptors (Lipinski definition) is 5. The van der Waals surface area contributed by atoms with Crippen LogP contribution in [0, 0.1) is 17.8 Å². The van der Waals surface area contributed by atoms with Crippen molar-refractivity contribution in [2.45, 2.75) is 52.2 Å². The maximum atomic E-state index is 10.6. The molecule has 3 rings (SSSR count). The Hall–Kier alpha value is -1.30. The third kappa shape index (κ3) is 6.09. The molecule has 1 heterocycles. The Morgan fingerprint density at radius 2 is 1.83 bits per heavy atom. The first-order chi connectivity index (χ1) is 14.0. The molecule has 1 saturated heterocycles. The van der Waals surface area contributed by atoms with Crippen LogP contribution in [0.1, 0.15) is 40.0 Å². The van der Waals surface area contributed by atoms with Gasteiger partial charge in [-0.05, 0) is 42.7 Å². The Morgan fingerprint density at radius 3 is 2.52 bits per heavy atom. The average molecular weight is 405 g/mol. The topological polar surface area (TPSA) is 45.2 Å². The van der Waals surface area contributed by atoms with Gasteiger partial charge in [0.05, 0.1) is 31.6 Å². The zero-order valence-electron chi connectivity index (χ0n) is 18.7. The first-order valence-corrected chi connectivity index (χ1v) is 11.4. The van der Waals surface area contributed by atoms with E-state index in [-0.39, 0.29) is 0 Å². The highest BCUT2D eigenvalue weighted by Crippen LogP contribution is 2.35. The van der Waals surface area contributed by atoms with Crippen LogP contribution in [0.15, 0.2) is 24.3 Å². The van der Waals surface area contributed by atoms with Gasteiger partial charge in [-0.15, -0.1) is 0 Å². The van der Waals surface area contributed by atoms with Crippen LogP contribution in [0.2, 0.25) is 0 Å². The number of hydrogen-bond donors (Lipinski definition) is 1. The van der Waals surface area contributed by atoms with Crippen LogP contribution in [0.5, 0.6) is 5.75 Å². The number of β-amino-alcohol motifs (C(OH)–C–C–N with tert-alkyl or cyclic N) is 1. The van der Waals surface area contributed by atoms with Gasteiger partial charge in [0.1, 0.15) is 5.75 Å². The second-order valence-electron chi connectivity index (χ2n) is 9.31. The standard InChI is InChI=1S/C24H40N2O3/c1-18(2)21-10-9-19(3)15-24(21)29-17-20(27)16-25-11-13-26(14-12-25)22-7-5-6-8-23(22)28-4/h5-8,18-21,24,27H,9-17H2,1-4H3. The molecule has 5 nitrogen and oxygen atoms in total. The SMILES string of the molecule is COc1ccccc1N1CCN(CC(O)COC2CC(C)CCC2C(C)C)CC1. The molecule has 0 amide bonds. The second kappa shape index (κ2) is 10.6. The predicted octanol–water partition coefficient (Wildman–Crippen LogP) is 3.66. The molecule has 4 atom stereocenters. The molecule has 0 spiro atoms. The number of piperazine rings is 1. The van der Waals surface area contributed by atoms with Crippen molar-refractivity contribution in [1.29, 1.82) is 0 Å². The monoisotopic (exact) mass is 404 g/mol. The summed E-state index contributed by atoms with van der Waals surface area (Å²) in [4.78, 5) is 4.72. The van der Waals surface area contributed by atoms with Crippen molar-refractivity contribution >= 4 is 5.69 Å². The molecule has 164 valence electrons. The van der Waals surface area contributed by atoms with Gasteiger partial charge in [0.15, 0.2) is 0 Å². The molecule has 5 heteroatoms. The lowest BCUT2D eigenvalue weighted by Gasteiger charge is -2.39. The Balaban J connectivity index is 1.43. The summed E-state index contributed by atoms with van der Waals surface area (Å²) >= 11 is 0. The quantitative estimate of drug-likeness (QED) is 0.716. The highest BCUT2D eigenvalue weighted by atomic mass is 16.5. The van der Waals surface area contributed by atoms with E-state index in [1.165, 1.54) is 12.8 Å². The fourth-order valence-electron chi connectivity index (χ4n) is 4.95. The molecule has 1 aromatic rings. The van der Waals surface area contributed by atoms with Gasteiger partial charge in [-0.25, -0.2) is 0 Å². The molecule has 1 N–H and O–H groups in total. The van der Waals surface area contributed by atoms with E-state index in [2.05, 4.69) is 42.7 Å². The first kappa shape index (κ1) is 22.4. The van der Waals surface area contributed by atoms with Gasteiger partial charge in [0.2, 0.25) is 0 Å². The van der Waals surface area contributed by atoms with E-state index >= 15 is 0 Å². The molecule has 29 heavy (non-hydrogen) atoms. The summed E-state index contributed by atoms with van der Waals surface area (Å²) in [5, 5.41) is 10.6. The molecular weight excluding hydrogens is 364 g/mol. The minimum Gasteiger partial charge on any atom is -0.495 e. The van der Waals surface area contributed by atoms with Gasteiger partial charge < -0.3 is 19.5 Å². The maximum absolute atomic E-state index is 10.6. The Morgan fingerprint density at radius 1 is 1.10 bits per heavy atom. The second-order valence-corrected chi connectivity index (χ2v) is 9.31. The normalized spacial score (nSPS) is 27.2. The van der Waals surface area contributed by atoms with Gasteiger partial charge in [0.25, 0.3) is 0 Å². The van der Waals surface area contributed by atoms with E-state index in [4.69, 9.17) is 9.47 Å². The van der Waals surface area contributed by atoms with Gasteiger partial charge in [-0.1, -0.05) is 39.3 Å². The van der Waals surface area contributed by atoms with Crippen molar-refractivity contribution in [1.82, 2.24) is 4.90 Å². The summed E-state index contributed by atoms with van der Waals surface area (Å²) in [6.45, 7) is 11.9. The lowest BCUT2D eigenvalue weighted by atomic mass is 9.75. The van der Waals surface area contributed by atoms with Gasteiger partial charge in [-0.2, -0.15) is 0 Å². The largest absolute Gasteiger partial charge is 0.495 e. The highest BCUT2D eigenvalue weighted by Gasteiger charge is 2.32. The summed E-state index contributed by atoms with van der Waals surface area (Å²) < 4.78 is 11.7. The van der Waals surface area contributed by atoms with Crippen LogP contribution in [0.3, 0.4) is 0 Å². The van der Waals surface area contributed by atoms with Crippen LogP contribution in [0.4, 0.5) is 5.69 Å². The zero-order chi connectivity index (χ0) is 20.8. The molecule has 0 radical (unpaired) electrons. The van der Waals surface area contributed by atoms with Crippen LogP contribution >= 0.6 is 0 Å². The molecule has 1 saturated carbocycles. The highest BCUT2D eigenvalue weighted by molar-refractivity contribution is 5.58. The number of methoxy groups -OCH3 is 1. The fourth-order valence-corrected chi connectivity index (χ4v) is 4.95. The van der Waals surface area contributed by atoms with Crippen LogP contribution in [0.25, 0.3) is 0 Å². The summed E-state index contributed by atoms with van der Waals surface area (Å²) in [6.07, 6.45) is 3.58. The Bertz CT molecular complexity index is 616. The van der Waals surface area contributed by atoms with E-state index in [1.807, 2.05) is 12.1 Å². The van der Waals surface area contributed by atoms with E-state index in [1.54, 1.807) is 7.11 Å². The number of rotatable bonds is 8. The summed E-state index contributed by atoms with van der Waals surface area (Å²) in [6, 6.07) is 8.19. The summed E-state index contributed by atoms with van der Waals surface area (Å²) in [7, 11) is 1.72. The van der Waals surface area contributed by atoms with Crippen molar-refractivity contribution in [3.05, 3.63) is 24.3 Å². The number of nitrogens with zero attached hydrogens (tertiary/aromatic N) is 2. The van der Waals surface area contributed by atoms with E-state index in [0.29, 0.717) is 31.1 Å². The zero-order valence-corrected chi connectivity index (χ0v) is 18.7. The van der Waals surface area contributed by atoms with Gasteiger partial charge in [-0.3, -0.25) is 4.90 Å². The molecule has 2 fully saturated rings. The molecule has 0 bridgehead atoms. The number of aliphatic hydroxyl groups excluding tert-OH is 1. The average Bonchev–Trinajstić information content (AvgIpc) is 2.72. The van der Waals surface area contributed by atoms with Crippen molar-refractivity contribution in [2.24, 2.45) is 17.8 Å². The number of para-hydroxylation sites is 2. The summed E-state index contributed by atoms with van der Waals surface area (Å²) in [5.41, 5.74) is 1.16. The number of anilines is 1. The van der Waals surface area contributed by atoms with Crippen molar-refractivity contribution in [3.63, 3.8) is 0 Å². The third-order valence-electron chi connectivity index (χ3n) is 6.73. The third-order valence-corrected chi connectivity index (χ3v) is 6.73. The molecular formula is C24H40N2O3. The molecule has 1 aliphatic heterocycles. The number of ether oxygens (including phenoxy) is 2. The van der Waals surface area contributed by atoms with Gasteiger partial charge >= 0.3 is 0 Å². The molecule has 2 aliphatic rings. The van der Waals surface area contributed by atoms with Crippen LogP contribution in [-0.2, 0) is 4.74 Å². The molecule has 0 aromatic heterocycles. The lowest BCUT2D eigenvalue weighted by Crippen LogP contribution is -2.49. The van der Waals surface area contributed by atoms with E-state index in [0.717, 1.165) is 50.0 Å². The van der Waals surface area contributed by atoms with Gasteiger partial charge in [0, 0.05) is 32.7 Å². The minimum absolute atomic E-state index is 0.302. The Labute approximate surface area is 177 Å². The van der Waals surface area contributed by atoms with Crippen molar-refractivity contribution < 1.29 is 14.6 Å². The number of benzene rings is 1. The first-order valence-electron chi connectivity index (χ1n) is 11.4. The molecule has 1 aromatic carbocycles. The fraction of sp³-hybridized carbons (Fsp3) is 0.750. The predicted molar refractivity (Wildman–Crippen MR) is 119 cm³/mol. The minimum atomic E-state index is -0.419. The van der Waals surface area contributed by atoms with Crippen molar-refractivity contribution in [3.8, 4) is 5.75 Å². The number of aliphatic hydroxyl groups is 1. The van der Waals surface area contributed by atoms with Crippen molar-refractivity contribution in [2.75, 3.05) is 51.3 Å². The molecule has 4 unspecified atom stereocenters. The summed E-state index contributed by atoms with van der Waals surface area (Å²) in [5.74, 6) is 2.93. The van der Waals surface area contributed by atoms with Crippen LogP contribution in [-0.4, -0.2) is 68.7 Å². The molecule has 1 aliphatic carbocycles. The van der Waals surface area contributed by atoms with Crippen LogP contribution < -0.4 is 9.64 Å². The maximum Gasteiger partial charge on any atom is 0.142 e.